The molecule has 0 bridgehead atoms. The van der Waals surface area contributed by atoms with Crippen LogP contribution >= 0.6 is 15.9 Å². The zero-order valence-electron chi connectivity index (χ0n) is 11.6. The van der Waals surface area contributed by atoms with Crippen LogP contribution in [-0.2, 0) is 4.79 Å². The summed E-state index contributed by atoms with van der Waals surface area (Å²) in [5, 5.41) is 0. The van der Waals surface area contributed by atoms with Crippen LogP contribution < -0.4 is 0 Å². The fourth-order valence-corrected chi connectivity index (χ4v) is 4.88. The Balaban J connectivity index is 2.35. The fraction of sp³-hybridized carbons (Fsp3) is 0.933. The number of carbonyl (C=O) groups excluding carboxylic acids is 1. The molecule has 2 fully saturated rings. The van der Waals surface area contributed by atoms with Gasteiger partial charge in [-0.15, -0.1) is 0 Å². The van der Waals surface area contributed by atoms with Crippen molar-refractivity contribution < 1.29 is 4.79 Å². The number of hydrogen-bond acceptors (Lipinski definition) is 1. The Labute approximate surface area is 114 Å². The van der Waals surface area contributed by atoms with Gasteiger partial charge in [0.15, 0.2) is 0 Å². The molecular formula is C15H25BrO. The molecule has 2 aliphatic carbocycles. The first-order chi connectivity index (χ1) is 7.81. The molecule has 2 rings (SSSR count). The molecule has 4 atom stereocenters. The van der Waals surface area contributed by atoms with Crippen molar-refractivity contribution in [3.8, 4) is 0 Å². The van der Waals surface area contributed by atoms with Crippen molar-refractivity contribution in [3.63, 3.8) is 0 Å². The van der Waals surface area contributed by atoms with Crippen LogP contribution in [0.4, 0.5) is 0 Å². The second-order valence-electron chi connectivity index (χ2n) is 6.91. The number of rotatable bonds is 0. The Morgan fingerprint density at radius 2 is 1.82 bits per heavy atom. The van der Waals surface area contributed by atoms with Crippen LogP contribution in [0.1, 0.15) is 59.8 Å². The first kappa shape index (κ1) is 13.6. The molecular weight excluding hydrogens is 276 g/mol. The summed E-state index contributed by atoms with van der Waals surface area (Å²) in [7, 11) is 0. The van der Waals surface area contributed by atoms with Crippen LogP contribution in [-0.4, -0.2) is 10.6 Å². The van der Waals surface area contributed by atoms with Gasteiger partial charge in [-0.3, -0.25) is 4.79 Å². The molecule has 0 unspecified atom stereocenters. The van der Waals surface area contributed by atoms with Gasteiger partial charge in [0.1, 0.15) is 5.78 Å². The zero-order valence-corrected chi connectivity index (χ0v) is 13.1. The maximum atomic E-state index is 12.2. The molecule has 0 N–H and O–H groups in total. The first-order valence-corrected chi connectivity index (χ1v) is 7.89. The third kappa shape index (κ3) is 1.91. The molecule has 2 heteroatoms. The van der Waals surface area contributed by atoms with Crippen LogP contribution in [0.15, 0.2) is 0 Å². The maximum absolute atomic E-state index is 12.2. The lowest BCUT2D eigenvalue weighted by Gasteiger charge is -2.58. The molecule has 0 aliphatic heterocycles. The van der Waals surface area contributed by atoms with Gasteiger partial charge < -0.3 is 0 Å². The summed E-state index contributed by atoms with van der Waals surface area (Å²) in [5.74, 6) is 1.47. The Morgan fingerprint density at radius 3 is 2.41 bits per heavy atom. The van der Waals surface area contributed by atoms with Crippen molar-refractivity contribution in [1.29, 1.82) is 0 Å². The van der Waals surface area contributed by atoms with E-state index in [-0.39, 0.29) is 10.8 Å². The monoisotopic (exact) mass is 300 g/mol. The molecule has 2 aliphatic rings. The molecule has 0 saturated heterocycles. The van der Waals surface area contributed by atoms with Gasteiger partial charge in [0, 0.05) is 17.2 Å². The highest BCUT2D eigenvalue weighted by Crippen LogP contribution is 2.61. The Kier molecular flexibility index (Phi) is 3.48. The van der Waals surface area contributed by atoms with E-state index in [0.29, 0.717) is 22.4 Å². The minimum atomic E-state index is 0.237. The summed E-state index contributed by atoms with van der Waals surface area (Å²) in [4.78, 5) is 12.8. The highest BCUT2D eigenvalue weighted by atomic mass is 79.9. The number of Topliss-reactive ketones (excluding diaryl/α,β-unsaturated/α-hetero) is 1. The quantitative estimate of drug-likeness (QED) is 0.598. The van der Waals surface area contributed by atoms with E-state index in [1.165, 1.54) is 19.3 Å². The van der Waals surface area contributed by atoms with Crippen molar-refractivity contribution >= 4 is 21.7 Å². The normalized spacial score (nSPS) is 46.2. The topological polar surface area (TPSA) is 17.1 Å². The summed E-state index contributed by atoms with van der Waals surface area (Å²) in [6.45, 7) is 9.20. The number of carbonyl (C=O) groups is 1. The Bertz CT molecular complexity index is 323. The summed E-state index contributed by atoms with van der Waals surface area (Å²) in [6.07, 6.45) is 5.65. The van der Waals surface area contributed by atoms with Crippen molar-refractivity contribution in [2.24, 2.45) is 22.7 Å². The summed E-state index contributed by atoms with van der Waals surface area (Å²) >= 11 is 3.87. The van der Waals surface area contributed by atoms with Crippen LogP contribution in [0.2, 0.25) is 0 Å². The molecule has 17 heavy (non-hydrogen) atoms. The maximum Gasteiger partial charge on any atom is 0.136 e. The van der Waals surface area contributed by atoms with Gasteiger partial charge in [0.05, 0.1) is 0 Å². The summed E-state index contributed by atoms with van der Waals surface area (Å²) in [6, 6.07) is 0. The molecule has 1 nitrogen and oxygen atoms in total. The second-order valence-corrected chi connectivity index (χ2v) is 8.01. The minimum absolute atomic E-state index is 0.237. The molecule has 0 radical (unpaired) electrons. The van der Waals surface area contributed by atoms with Crippen LogP contribution in [0.5, 0.6) is 0 Å². The van der Waals surface area contributed by atoms with E-state index in [4.69, 9.17) is 0 Å². The minimum Gasteiger partial charge on any atom is -0.299 e. The smallest absolute Gasteiger partial charge is 0.136 e. The molecule has 1 spiro atoms. The van der Waals surface area contributed by atoms with Gasteiger partial charge in [0.25, 0.3) is 0 Å². The molecule has 98 valence electrons. The molecule has 0 aromatic carbocycles. The average molecular weight is 301 g/mol. The van der Waals surface area contributed by atoms with Crippen LogP contribution in [0, 0.1) is 22.7 Å². The van der Waals surface area contributed by atoms with E-state index in [9.17, 15) is 4.79 Å². The van der Waals surface area contributed by atoms with Gasteiger partial charge in [-0.05, 0) is 42.4 Å². The summed E-state index contributed by atoms with van der Waals surface area (Å²) in [5.41, 5.74) is 0.476. The zero-order chi connectivity index (χ0) is 12.8. The largest absolute Gasteiger partial charge is 0.299 e. The van der Waals surface area contributed by atoms with E-state index in [0.717, 1.165) is 12.8 Å². The van der Waals surface area contributed by atoms with Gasteiger partial charge in [-0.1, -0.05) is 43.6 Å². The van der Waals surface area contributed by atoms with Crippen molar-refractivity contribution in [3.05, 3.63) is 0 Å². The van der Waals surface area contributed by atoms with Crippen molar-refractivity contribution in [2.45, 2.75) is 64.6 Å². The van der Waals surface area contributed by atoms with E-state index in [1.807, 2.05) is 0 Å². The lowest BCUT2D eigenvalue weighted by atomic mass is 9.47. The lowest BCUT2D eigenvalue weighted by molar-refractivity contribution is -0.139. The molecule has 0 amide bonds. The van der Waals surface area contributed by atoms with E-state index in [1.54, 1.807) is 0 Å². The summed E-state index contributed by atoms with van der Waals surface area (Å²) < 4.78 is 0. The lowest BCUT2D eigenvalue weighted by Crippen LogP contribution is -2.54. The fourth-order valence-electron chi connectivity index (χ4n) is 4.16. The predicted molar refractivity (Wildman–Crippen MR) is 75.3 cm³/mol. The third-order valence-electron chi connectivity index (χ3n) is 5.93. The van der Waals surface area contributed by atoms with Gasteiger partial charge in [-0.25, -0.2) is 0 Å². The Morgan fingerprint density at radius 1 is 1.18 bits per heavy atom. The van der Waals surface area contributed by atoms with Crippen LogP contribution in [0.25, 0.3) is 0 Å². The predicted octanol–water partition coefficient (Wildman–Crippen LogP) is 4.58. The third-order valence-corrected chi connectivity index (χ3v) is 7.53. The van der Waals surface area contributed by atoms with Gasteiger partial charge >= 0.3 is 0 Å². The molecule has 0 aromatic rings. The van der Waals surface area contributed by atoms with E-state index in [2.05, 4.69) is 43.6 Å². The number of halogens is 1. The second kappa shape index (κ2) is 4.36. The van der Waals surface area contributed by atoms with Crippen molar-refractivity contribution in [1.82, 2.24) is 0 Å². The number of hydrogen-bond donors (Lipinski definition) is 0. The van der Waals surface area contributed by atoms with E-state index >= 15 is 0 Å². The average Bonchev–Trinajstić information content (AvgIpc) is 2.27. The highest BCUT2D eigenvalue weighted by molar-refractivity contribution is 9.09. The van der Waals surface area contributed by atoms with Crippen LogP contribution in [0.3, 0.4) is 0 Å². The van der Waals surface area contributed by atoms with E-state index < -0.39 is 0 Å². The first-order valence-electron chi connectivity index (χ1n) is 6.98. The number of alkyl halides is 1. The highest BCUT2D eigenvalue weighted by Gasteiger charge is 2.56. The van der Waals surface area contributed by atoms with Crippen molar-refractivity contribution in [2.75, 3.05) is 0 Å². The van der Waals surface area contributed by atoms with Gasteiger partial charge in [0.2, 0.25) is 0 Å². The standard InChI is InChI=1S/C15H25BrO/c1-10-7-8-15(9-12(10)17)11(2)5-6-13(16)14(15,3)4/h10-11,13H,5-9H2,1-4H3/t10-,11-,13+,15-/m1/s1. The molecule has 0 aromatic heterocycles. The molecule has 0 heterocycles. The SMILES string of the molecule is C[C@@H]1CC[C@@]2(CC1=O)[C@H](C)CC[C@H](Br)C2(C)C. The van der Waals surface area contributed by atoms with Gasteiger partial charge in [-0.2, -0.15) is 0 Å². The molecule has 2 saturated carbocycles. The number of ketones is 1. The Hall–Kier alpha value is 0.150.